The van der Waals surface area contributed by atoms with Crippen LogP contribution in [0.5, 0.6) is 0 Å². The number of carboxylic acid groups (broad SMARTS) is 1. The molecule has 1 aromatic rings. The fourth-order valence-corrected chi connectivity index (χ4v) is 1.67. The average Bonchev–Trinajstić information content (AvgIpc) is 2.52. The SMILES string of the molecule is C=C(C)C(=O)OCC(CCO)OC(=O)c1ccccc1C(=O)O. The summed E-state index contributed by atoms with van der Waals surface area (Å²) in [5, 5.41) is 18.1. The van der Waals surface area contributed by atoms with E-state index in [9.17, 15) is 14.4 Å². The van der Waals surface area contributed by atoms with Crippen LogP contribution in [0.3, 0.4) is 0 Å². The van der Waals surface area contributed by atoms with Gasteiger partial charge in [0.15, 0.2) is 0 Å². The molecule has 23 heavy (non-hydrogen) atoms. The van der Waals surface area contributed by atoms with E-state index < -0.39 is 24.0 Å². The molecule has 2 N–H and O–H groups in total. The van der Waals surface area contributed by atoms with Crippen LogP contribution in [0.2, 0.25) is 0 Å². The molecule has 0 aliphatic heterocycles. The lowest BCUT2D eigenvalue weighted by Crippen LogP contribution is -2.27. The minimum Gasteiger partial charge on any atom is -0.478 e. The Kier molecular flexibility index (Phi) is 6.95. The number of ether oxygens (including phenoxy) is 2. The van der Waals surface area contributed by atoms with E-state index in [4.69, 9.17) is 19.7 Å². The third kappa shape index (κ3) is 5.55. The van der Waals surface area contributed by atoms with Gasteiger partial charge in [0.25, 0.3) is 0 Å². The molecule has 1 unspecified atom stereocenters. The molecular formula is C16H18O7. The van der Waals surface area contributed by atoms with Crippen LogP contribution in [0.1, 0.15) is 34.1 Å². The Bertz CT molecular complexity index is 606. The number of esters is 2. The topological polar surface area (TPSA) is 110 Å². The van der Waals surface area contributed by atoms with Crippen LogP contribution in [0.4, 0.5) is 0 Å². The summed E-state index contributed by atoms with van der Waals surface area (Å²) in [7, 11) is 0. The van der Waals surface area contributed by atoms with E-state index in [-0.39, 0.29) is 36.3 Å². The van der Waals surface area contributed by atoms with Gasteiger partial charge in [0.2, 0.25) is 0 Å². The standard InChI is InChI=1S/C16H18O7/c1-10(2)15(20)22-9-11(7-8-17)23-16(21)13-6-4-3-5-12(13)14(18)19/h3-6,11,17H,1,7-9H2,2H3,(H,18,19). The molecule has 0 amide bonds. The number of carboxylic acids is 1. The van der Waals surface area contributed by atoms with Gasteiger partial charge in [0, 0.05) is 18.6 Å². The molecule has 124 valence electrons. The highest BCUT2D eigenvalue weighted by Crippen LogP contribution is 2.13. The Balaban J connectivity index is 2.80. The monoisotopic (exact) mass is 322 g/mol. The van der Waals surface area contributed by atoms with E-state index in [1.54, 1.807) is 0 Å². The number of carbonyl (C=O) groups excluding carboxylic acids is 2. The van der Waals surface area contributed by atoms with Gasteiger partial charge in [0.1, 0.15) is 12.7 Å². The third-order valence-electron chi connectivity index (χ3n) is 2.85. The van der Waals surface area contributed by atoms with E-state index in [1.807, 2.05) is 0 Å². The quantitative estimate of drug-likeness (QED) is 0.550. The van der Waals surface area contributed by atoms with Crippen molar-refractivity contribution >= 4 is 17.9 Å². The predicted octanol–water partition coefficient (Wildman–Crippen LogP) is 1.41. The highest BCUT2D eigenvalue weighted by Gasteiger charge is 2.22. The first kappa shape index (κ1) is 18.4. The highest BCUT2D eigenvalue weighted by molar-refractivity contribution is 6.02. The Hall–Kier alpha value is -2.67. The number of hydrogen-bond donors (Lipinski definition) is 2. The molecule has 0 aliphatic rings. The fraction of sp³-hybridized carbons (Fsp3) is 0.312. The van der Waals surface area contributed by atoms with Crippen molar-refractivity contribution in [3.63, 3.8) is 0 Å². The molecule has 0 saturated carbocycles. The first-order valence-electron chi connectivity index (χ1n) is 6.83. The number of aliphatic hydroxyl groups is 1. The van der Waals surface area contributed by atoms with Crippen molar-refractivity contribution in [2.75, 3.05) is 13.2 Å². The molecule has 1 aromatic carbocycles. The lowest BCUT2D eigenvalue weighted by atomic mass is 10.1. The number of aliphatic hydroxyl groups excluding tert-OH is 1. The highest BCUT2D eigenvalue weighted by atomic mass is 16.6. The predicted molar refractivity (Wildman–Crippen MR) is 80.1 cm³/mol. The van der Waals surface area contributed by atoms with Gasteiger partial charge >= 0.3 is 17.9 Å². The van der Waals surface area contributed by atoms with Crippen LogP contribution in [0.25, 0.3) is 0 Å². The number of rotatable bonds is 8. The maximum Gasteiger partial charge on any atom is 0.339 e. The smallest absolute Gasteiger partial charge is 0.339 e. The Labute approximate surface area is 133 Å². The van der Waals surface area contributed by atoms with Crippen molar-refractivity contribution in [3.8, 4) is 0 Å². The van der Waals surface area contributed by atoms with Crippen molar-refractivity contribution in [1.82, 2.24) is 0 Å². The molecule has 0 radical (unpaired) electrons. The molecule has 1 atom stereocenters. The number of benzene rings is 1. The summed E-state index contributed by atoms with van der Waals surface area (Å²) in [5.41, 5.74) is -0.122. The number of aromatic carboxylic acids is 1. The van der Waals surface area contributed by atoms with Gasteiger partial charge in [-0.2, -0.15) is 0 Å². The molecule has 0 fully saturated rings. The maximum atomic E-state index is 12.1. The molecule has 1 rings (SSSR count). The Morgan fingerprint density at radius 2 is 1.83 bits per heavy atom. The van der Waals surface area contributed by atoms with Gasteiger partial charge in [-0.3, -0.25) is 0 Å². The van der Waals surface area contributed by atoms with Crippen LogP contribution in [-0.2, 0) is 14.3 Å². The average molecular weight is 322 g/mol. The summed E-state index contributed by atoms with van der Waals surface area (Å²) in [6.07, 6.45) is -0.845. The van der Waals surface area contributed by atoms with Crippen molar-refractivity contribution in [1.29, 1.82) is 0 Å². The van der Waals surface area contributed by atoms with Crippen LogP contribution < -0.4 is 0 Å². The van der Waals surface area contributed by atoms with Gasteiger partial charge in [-0.25, -0.2) is 14.4 Å². The van der Waals surface area contributed by atoms with Crippen molar-refractivity contribution in [3.05, 3.63) is 47.5 Å². The van der Waals surface area contributed by atoms with Gasteiger partial charge in [-0.1, -0.05) is 18.7 Å². The lowest BCUT2D eigenvalue weighted by Gasteiger charge is -2.17. The second kappa shape index (κ2) is 8.70. The Morgan fingerprint density at radius 3 is 2.35 bits per heavy atom. The van der Waals surface area contributed by atoms with Crippen molar-refractivity contribution < 1.29 is 34.1 Å². The van der Waals surface area contributed by atoms with Crippen LogP contribution in [-0.4, -0.2) is 47.4 Å². The zero-order valence-electron chi connectivity index (χ0n) is 12.7. The van der Waals surface area contributed by atoms with Crippen LogP contribution >= 0.6 is 0 Å². The zero-order chi connectivity index (χ0) is 17.4. The second-order valence-corrected chi connectivity index (χ2v) is 4.77. The lowest BCUT2D eigenvalue weighted by molar-refractivity contribution is -0.142. The van der Waals surface area contributed by atoms with E-state index in [0.29, 0.717) is 0 Å². The number of carbonyl (C=O) groups is 3. The van der Waals surface area contributed by atoms with Crippen LogP contribution in [0.15, 0.2) is 36.4 Å². The largest absolute Gasteiger partial charge is 0.478 e. The molecule has 7 heteroatoms. The Morgan fingerprint density at radius 1 is 1.22 bits per heavy atom. The van der Waals surface area contributed by atoms with E-state index in [0.717, 1.165) is 0 Å². The zero-order valence-corrected chi connectivity index (χ0v) is 12.7. The first-order valence-corrected chi connectivity index (χ1v) is 6.83. The summed E-state index contributed by atoms with van der Waals surface area (Å²) >= 11 is 0. The molecule has 0 saturated heterocycles. The third-order valence-corrected chi connectivity index (χ3v) is 2.85. The van der Waals surface area contributed by atoms with E-state index in [2.05, 4.69) is 6.58 Å². The molecule has 0 spiro atoms. The normalized spacial score (nSPS) is 11.4. The van der Waals surface area contributed by atoms with Gasteiger partial charge in [-0.05, 0) is 19.1 Å². The molecule has 0 aromatic heterocycles. The second-order valence-electron chi connectivity index (χ2n) is 4.77. The summed E-state index contributed by atoms with van der Waals surface area (Å²) in [6, 6.07) is 5.59. The molecule has 0 bridgehead atoms. The summed E-state index contributed by atoms with van der Waals surface area (Å²) in [5.74, 6) is -2.77. The summed E-state index contributed by atoms with van der Waals surface area (Å²) in [6.45, 7) is 4.35. The van der Waals surface area contributed by atoms with Crippen molar-refractivity contribution in [2.24, 2.45) is 0 Å². The summed E-state index contributed by atoms with van der Waals surface area (Å²) < 4.78 is 10.0. The van der Waals surface area contributed by atoms with Gasteiger partial charge in [0.05, 0.1) is 11.1 Å². The summed E-state index contributed by atoms with van der Waals surface area (Å²) in [4.78, 5) is 34.6. The fourth-order valence-electron chi connectivity index (χ4n) is 1.67. The minimum absolute atomic E-state index is 0.0461. The van der Waals surface area contributed by atoms with Gasteiger partial charge in [-0.15, -0.1) is 0 Å². The van der Waals surface area contributed by atoms with E-state index >= 15 is 0 Å². The molecular weight excluding hydrogens is 304 g/mol. The first-order chi connectivity index (χ1) is 10.9. The van der Waals surface area contributed by atoms with Gasteiger partial charge < -0.3 is 19.7 Å². The maximum absolute atomic E-state index is 12.1. The van der Waals surface area contributed by atoms with Crippen LogP contribution in [0, 0.1) is 0 Å². The van der Waals surface area contributed by atoms with E-state index in [1.165, 1.54) is 31.2 Å². The molecule has 0 heterocycles. The number of hydrogen-bond acceptors (Lipinski definition) is 6. The molecule has 7 nitrogen and oxygen atoms in total. The minimum atomic E-state index is -1.26. The van der Waals surface area contributed by atoms with Crippen molar-refractivity contribution in [2.45, 2.75) is 19.4 Å². The molecule has 0 aliphatic carbocycles.